The van der Waals surface area contributed by atoms with Gasteiger partial charge in [-0.25, -0.2) is 13.9 Å². The highest BCUT2D eigenvalue weighted by Gasteiger charge is 2.31. The maximum atomic E-state index is 14.8. The maximum absolute atomic E-state index is 14.8. The number of rotatable bonds is 7. The standard InChI is InChI=1S/C24H23FIN7O5S/c1-12-20-19(21(31(3)22(12)34)29-18-7-4-13(26)8-17(18)25)23(35)33(15-5-6-15)24(36)32(20)16-9-14(10-28-11-16)30-39(37,38)27-2/h4,7-11,15,27,29-30H,5-6H2,1-3H3. The summed E-state index contributed by atoms with van der Waals surface area (Å²) in [5.74, 6) is -0.582. The number of anilines is 3. The maximum Gasteiger partial charge on any atom is 0.336 e. The van der Waals surface area contributed by atoms with Gasteiger partial charge in [-0.1, -0.05) is 0 Å². The van der Waals surface area contributed by atoms with Gasteiger partial charge >= 0.3 is 5.69 Å². The molecule has 12 nitrogen and oxygen atoms in total. The van der Waals surface area contributed by atoms with E-state index in [9.17, 15) is 27.2 Å². The van der Waals surface area contributed by atoms with Gasteiger partial charge in [-0.2, -0.15) is 8.42 Å². The fraction of sp³-hybridized carbons (Fsp3) is 0.250. The third-order valence-corrected chi connectivity index (χ3v) is 8.16. The Morgan fingerprint density at radius 3 is 2.46 bits per heavy atom. The number of aromatic nitrogens is 4. The highest BCUT2D eigenvalue weighted by atomic mass is 127. The quantitative estimate of drug-likeness (QED) is 0.256. The molecule has 0 unspecified atom stereocenters. The van der Waals surface area contributed by atoms with Crippen molar-refractivity contribution in [1.29, 1.82) is 0 Å². The Hall–Kier alpha value is -3.57. The molecule has 0 aliphatic heterocycles. The highest BCUT2D eigenvalue weighted by Crippen LogP contribution is 2.34. The predicted octanol–water partition coefficient (Wildman–Crippen LogP) is 2.25. The summed E-state index contributed by atoms with van der Waals surface area (Å²) in [6.45, 7) is 1.48. The molecule has 0 spiro atoms. The van der Waals surface area contributed by atoms with Gasteiger partial charge in [0.1, 0.15) is 17.0 Å². The molecule has 0 amide bonds. The number of halogens is 2. The Morgan fingerprint density at radius 1 is 1.10 bits per heavy atom. The highest BCUT2D eigenvalue weighted by molar-refractivity contribution is 14.1. The molecule has 0 saturated heterocycles. The normalized spacial score (nSPS) is 13.6. The van der Waals surface area contributed by atoms with Gasteiger partial charge in [0, 0.05) is 29.3 Å². The fourth-order valence-corrected chi connectivity index (χ4v) is 5.36. The topological polar surface area (TPSA) is 149 Å². The van der Waals surface area contributed by atoms with E-state index in [1.54, 1.807) is 6.07 Å². The van der Waals surface area contributed by atoms with Gasteiger partial charge in [0.15, 0.2) is 0 Å². The van der Waals surface area contributed by atoms with Crippen LogP contribution in [-0.4, -0.2) is 34.2 Å². The second-order valence-electron chi connectivity index (χ2n) is 9.08. The molecule has 1 fully saturated rings. The first-order valence-electron chi connectivity index (χ1n) is 11.7. The Labute approximate surface area is 234 Å². The number of hydrogen-bond donors (Lipinski definition) is 3. The van der Waals surface area contributed by atoms with Crippen LogP contribution in [0.15, 0.2) is 51.0 Å². The smallest absolute Gasteiger partial charge is 0.336 e. The molecule has 3 N–H and O–H groups in total. The summed E-state index contributed by atoms with van der Waals surface area (Å²) in [7, 11) is -1.21. The predicted molar refractivity (Wildman–Crippen MR) is 154 cm³/mol. The molecule has 5 rings (SSSR count). The number of aryl methyl sites for hydroxylation is 1. The number of benzene rings is 1. The van der Waals surface area contributed by atoms with Gasteiger partial charge in [-0.05, 0) is 66.6 Å². The SMILES string of the molecule is CNS(=O)(=O)Nc1cncc(-n2c(=O)n(C3CC3)c(=O)c3c(Nc4ccc(I)cc4F)n(C)c(=O)c(C)c32)c1. The first kappa shape index (κ1) is 27.0. The van der Waals surface area contributed by atoms with Crippen LogP contribution in [0, 0.1) is 16.3 Å². The zero-order chi connectivity index (χ0) is 28.2. The van der Waals surface area contributed by atoms with E-state index in [1.807, 2.05) is 22.6 Å². The van der Waals surface area contributed by atoms with Gasteiger partial charge in [0.25, 0.3) is 21.3 Å². The van der Waals surface area contributed by atoms with Crippen molar-refractivity contribution in [2.45, 2.75) is 25.8 Å². The van der Waals surface area contributed by atoms with Crippen LogP contribution in [0.3, 0.4) is 0 Å². The van der Waals surface area contributed by atoms with E-state index in [0.717, 1.165) is 4.57 Å². The van der Waals surface area contributed by atoms with Crippen LogP contribution in [0.1, 0.15) is 24.4 Å². The summed E-state index contributed by atoms with van der Waals surface area (Å²) < 4.78 is 47.5. The number of nitrogens with zero attached hydrogens (tertiary/aromatic N) is 4. The van der Waals surface area contributed by atoms with Gasteiger partial charge in [-0.3, -0.25) is 33.0 Å². The van der Waals surface area contributed by atoms with E-state index in [2.05, 4.69) is 19.7 Å². The van der Waals surface area contributed by atoms with E-state index in [0.29, 0.717) is 16.4 Å². The molecule has 204 valence electrons. The van der Waals surface area contributed by atoms with Crippen molar-refractivity contribution in [1.82, 2.24) is 23.4 Å². The largest absolute Gasteiger partial charge is 0.338 e. The zero-order valence-electron chi connectivity index (χ0n) is 20.9. The lowest BCUT2D eigenvalue weighted by molar-refractivity contribution is 0.593. The molecule has 0 bridgehead atoms. The van der Waals surface area contributed by atoms with E-state index >= 15 is 0 Å². The molecule has 1 aromatic carbocycles. The van der Waals surface area contributed by atoms with Crippen molar-refractivity contribution in [3.63, 3.8) is 0 Å². The van der Waals surface area contributed by atoms with Crippen molar-refractivity contribution >= 4 is 60.9 Å². The lowest BCUT2D eigenvalue weighted by Gasteiger charge is -2.20. The number of nitrogens with one attached hydrogen (secondary N) is 3. The lowest BCUT2D eigenvalue weighted by Crippen LogP contribution is -2.41. The van der Waals surface area contributed by atoms with Crippen molar-refractivity contribution in [2.75, 3.05) is 17.1 Å². The monoisotopic (exact) mass is 667 g/mol. The number of hydrogen-bond acceptors (Lipinski definition) is 7. The Balaban J connectivity index is 1.88. The molecule has 15 heteroatoms. The summed E-state index contributed by atoms with van der Waals surface area (Å²) in [6, 6.07) is 5.48. The summed E-state index contributed by atoms with van der Waals surface area (Å²) in [5.41, 5.74) is -1.53. The van der Waals surface area contributed by atoms with Crippen molar-refractivity contribution < 1.29 is 12.8 Å². The molecule has 4 aromatic rings. The van der Waals surface area contributed by atoms with Crippen molar-refractivity contribution in [2.24, 2.45) is 7.05 Å². The number of pyridine rings is 2. The molecule has 0 radical (unpaired) electrons. The molecule has 1 aliphatic rings. The van der Waals surface area contributed by atoms with Crippen LogP contribution in [0.4, 0.5) is 21.6 Å². The first-order chi connectivity index (χ1) is 18.4. The van der Waals surface area contributed by atoms with E-state index in [-0.39, 0.29) is 45.4 Å². The molecular weight excluding hydrogens is 644 g/mol. The van der Waals surface area contributed by atoms with Crippen molar-refractivity contribution in [3.05, 3.63) is 82.8 Å². The molecule has 3 heterocycles. The Kier molecular flexibility index (Phi) is 6.84. The minimum atomic E-state index is -3.89. The zero-order valence-corrected chi connectivity index (χ0v) is 23.9. The average Bonchev–Trinajstić information content (AvgIpc) is 3.71. The van der Waals surface area contributed by atoms with Crippen LogP contribution in [0.5, 0.6) is 0 Å². The second kappa shape index (κ2) is 9.87. The van der Waals surface area contributed by atoms with Crippen molar-refractivity contribution in [3.8, 4) is 5.69 Å². The molecule has 39 heavy (non-hydrogen) atoms. The first-order valence-corrected chi connectivity index (χ1v) is 14.3. The summed E-state index contributed by atoms with van der Waals surface area (Å²) in [6.07, 6.45) is 3.80. The lowest BCUT2D eigenvalue weighted by atomic mass is 10.1. The van der Waals surface area contributed by atoms with Gasteiger partial charge in [0.2, 0.25) is 0 Å². The van der Waals surface area contributed by atoms with Crippen LogP contribution in [0.25, 0.3) is 16.6 Å². The van der Waals surface area contributed by atoms with E-state index < -0.39 is 32.8 Å². The van der Waals surface area contributed by atoms with E-state index in [4.69, 9.17) is 0 Å². The van der Waals surface area contributed by atoms with Gasteiger partial charge in [-0.15, -0.1) is 0 Å². The fourth-order valence-electron chi connectivity index (χ4n) is 4.39. The van der Waals surface area contributed by atoms with Gasteiger partial charge < -0.3 is 5.32 Å². The third-order valence-electron chi connectivity index (χ3n) is 6.44. The molecule has 0 atom stereocenters. The van der Waals surface area contributed by atoms with Crippen LogP contribution in [0.2, 0.25) is 0 Å². The summed E-state index contributed by atoms with van der Waals surface area (Å²) in [5, 5.41) is 2.89. The molecule has 1 saturated carbocycles. The van der Waals surface area contributed by atoms with E-state index in [1.165, 1.54) is 60.7 Å². The Bertz CT molecular complexity index is 1950. The third kappa shape index (κ3) is 4.85. The Morgan fingerprint density at radius 2 is 1.82 bits per heavy atom. The molecule has 1 aliphatic carbocycles. The second-order valence-corrected chi connectivity index (χ2v) is 11.9. The van der Waals surface area contributed by atoms with Crippen LogP contribution >= 0.6 is 22.6 Å². The minimum absolute atomic E-state index is 0.000239. The molecule has 3 aromatic heterocycles. The molecular formula is C24H23FIN7O5S. The summed E-state index contributed by atoms with van der Waals surface area (Å²) >= 11 is 1.97. The minimum Gasteiger partial charge on any atom is -0.338 e. The van der Waals surface area contributed by atoms with Crippen LogP contribution < -0.4 is 31.6 Å². The van der Waals surface area contributed by atoms with Crippen LogP contribution in [-0.2, 0) is 17.3 Å². The number of fused-ring (bicyclic) bond motifs is 1. The average molecular weight is 667 g/mol. The van der Waals surface area contributed by atoms with Gasteiger partial charge in [0.05, 0.1) is 35.0 Å². The summed E-state index contributed by atoms with van der Waals surface area (Å²) in [4.78, 5) is 45.1.